The smallest absolute Gasteiger partial charge is 0.314 e. The van der Waals surface area contributed by atoms with Crippen LogP contribution < -0.4 is 16.8 Å². The number of carbonyl (C=O) groups excluding carboxylic acids is 2. The largest absolute Gasteiger partial charge is 0.396 e. The summed E-state index contributed by atoms with van der Waals surface area (Å²) in [7, 11) is 0. The molecule has 10 heteroatoms. The van der Waals surface area contributed by atoms with Crippen molar-refractivity contribution in [3.63, 3.8) is 0 Å². The van der Waals surface area contributed by atoms with Gasteiger partial charge in [0.05, 0.1) is 34.2 Å². The second-order valence-corrected chi connectivity index (χ2v) is 7.51. The maximum absolute atomic E-state index is 13.0. The summed E-state index contributed by atoms with van der Waals surface area (Å²) >= 11 is 6.05. The monoisotopic (exact) mass is 415 g/mol. The number of amides is 2. The fourth-order valence-corrected chi connectivity index (χ4v) is 3.63. The molecule has 2 aromatic heterocycles. The van der Waals surface area contributed by atoms with Crippen LogP contribution in [0.5, 0.6) is 0 Å². The van der Waals surface area contributed by atoms with E-state index in [1.807, 2.05) is 6.92 Å². The minimum absolute atomic E-state index is 0.0696. The van der Waals surface area contributed by atoms with Crippen molar-refractivity contribution in [2.24, 2.45) is 5.92 Å². The average Bonchev–Trinajstić information content (AvgIpc) is 2.69. The molecule has 1 aliphatic heterocycles. The zero-order valence-corrected chi connectivity index (χ0v) is 16.6. The quantitative estimate of drug-likeness (QED) is 0.445. The number of nitrogens with two attached hydrogens (primary N) is 2. The summed E-state index contributed by atoms with van der Waals surface area (Å²) < 4.78 is 0. The van der Waals surface area contributed by atoms with Crippen LogP contribution in [0.4, 0.5) is 17.2 Å². The number of nitrogens with zero attached hydrogens (tertiary/aromatic N) is 3. The van der Waals surface area contributed by atoms with Gasteiger partial charge < -0.3 is 27.1 Å². The molecule has 0 aromatic carbocycles. The van der Waals surface area contributed by atoms with E-state index in [1.165, 1.54) is 17.3 Å². The minimum atomic E-state index is -0.840. The molecule has 0 radical (unpaired) electrons. The molecule has 29 heavy (non-hydrogen) atoms. The van der Waals surface area contributed by atoms with Crippen LogP contribution in [-0.2, 0) is 9.59 Å². The molecule has 2 atom stereocenters. The molecular formula is C19H22ClN7O2. The molecule has 0 bridgehead atoms. The van der Waals surface area contributed by atoms with Gasteiger partial charge in [-0.25, -0.2) is 4.98 Å². The summed E-state index contributed by atoms with van der Waals surface area (Å²) in [5.41, 5.74) is 12.8. The van der Waals surface area contributed by atoms with Crippen molar-refractivity contribution >= 4 is 46.8 Å². The Balaban J connectivity index is 1.84. The second kappa shape index (κ2) is 8.44. The third-order valence-electron chi connectivity index (χ3n) is 4.96. The number of pyridine rings is 2. The molecule has 152 valence electrons. The first-order valence-corrected chi connectivity index (χ1v) is 9.46. The highest BCUT2D eigenvalue weighted by Gasteiger charge is 2.34. The molecule has 0 saturated carbocycles. The Morgan fingerprint density at radius 3 is 2.76 bits per heavy atom. The van der Waals surface area contributed by atoms with Gasteiger partial charge in [-0.05, 0) is 30.4 Å². The maximum Gasteiger partial charge on any atom is 0.314 e. The molecule has 9 nitrogen and oxygen atoms in total. The number of hydrogen-bond donors (Lipinski definition) is 4. The van der Waals surface area contributed by atoms with E-state index >= 15 is 0 Å². The number of anilines is 3. The van der Waals surface area contributed by atoms with Crippen molar-refractivity contribution in [2.45, 2.75) is 25.8 Å². The lowest BCUT2D eigenvalue weighted by atomic mass is 9.90. The van der Waals surface area contributed by atoms with Gasteiger partial charge in [0, 0.05) is 25.2 Å². The highest BCUT2D eigenvalue weighted by molar-refractivity contribution is 6.40. The second-order valence-electron chi connectivity index (χ2n) is 7.08. The molecule has 2 aromatic rings. The van der Waals surface area contributed by atoms with Crippen LogP contribution in [-0.4, -0.2) is 39.4 Å². The Hall–Kier alpha value is -3.20. The van der Waals surface area contributed by atoms with Gasteiger partial charge in [-0.1, -0.05) is 18.5 Å². The summed E-state index contributed by atoms with van der Waals surface area (Å²) in [6, 6.07) is 1.46. The summed E-state index contributed by atoms with van der Waals surface area (Å²) in [6.45, 7) is 2.47. The van der Waals surface area contributed by atoms with Crippen molar-refractivity contribution in [3.8, 4) is 0 Å². The van der Waals surface area contributed by atoms with Crippen LogP contribution in [0, 0.1) is 11.3 Å². The number of likely N-dealkylation sites (tertiary alicyclic amines) is 1. The van der Waals surface area contributed by atoms with Crippen molar-refractivity contribution in [3.05, 3.63) is 40.8 Å². The molecule has 1 saturated heterocycles. The first-order valence-electron chi connectivity index (χ1n) is 9.08. The Morgan fingerprint density at radius 1 is 1.31 bits per heavy atom. The van der Waals surface area contributed by atoms with E-state index < -0.39 is 11.8 Å². The molecule has 1 fully saturated rings. The molecular weight excluding hydrogens is 394 g/mol. The van der Waals surface area contributed by atoms with Crippen LogP contribution in [0.15, 0.2) is 24.7 Å². The van der Waals surface area contributed by atoms with E-state index in [-0.39, 0.29) is 34.7 Å². The summed E-state index contributed by atoms with van der Waals surface area (Å²) in [5, 5.41) is 10.3. The van der Waals surface area contributed by atoms with E-state index in [2.05, 4.69) is 15.3 Å². The van der Waals surface area contributed by atoms with Gasteiger partial charge in [-0.3, -0.25) is 14.6 Å². The number of carbonyl (C=O) groups is 2. The maximum atomic E-state index is 13.0. The molecule has 2 amide bonds. The van der Waals surface area contributed by atoms with E-state index in [0.29, 0.717) is 18.0 Å². The highest BCUT2D eigenvalue weighted by atomic mass is 35.5. The first kappa shape index (κ1) is 20.5. The molecule has 3 rings (SSSR count). The number of halogens is 1. The Morgan fingerprint density at radius 2 is 2.07 bits per heavy atom. The number of hydrogen-bond acceptors (Lipinski definition) is 7. The lowest BCUT2D eigenvalue weighted by Gasteiger charge is -2.38. The summed E-state index contributed by atoms with van der Waals surface area (Å²) in [6.07, 6.45) is 7.01. The molecule has 0 aliphatic carbocycles. The van der Waals surface area contributed by atoms with Crippen molar-refractivity contribution in [1.82, 2.24) is 14.9 Å². The number of nitrogen functional groups attached to an aromatic ring is 2. The molecule has 0 spiro atoms. The van der Waals surface area contributed by atoms with Gasteiger partial charge in [0.15, 0.2) is 0 Å². The third kappa shape index (κ3) is 4.29. The number of rotatable bonds is 3. The zero-order valence-electron chi connectivity index (χ0n) is 15.9. The molecule has 1 aliphatic rings. The lowest BCUT2D eigenvalue weighted by molar-refractivity contribution is -0.146. The van der Waals surface area contributed by atoms with Gasteiger partial charge in [-0.2, -0.15) is 0 Å². The Kier molecular flexibility index (Phi) is 5.97. The van der Waals surface area contributed by atoms with Crippen LogP contribution in [0.2, 0.25) is 5.02 Å². The fraction of sp³-hybridized carbons (Fsp3) is 0.316. The van der Waals surface area contributed by atoms with Crippen LogP contribution in [0.1, 0.15) is 36.9 Å². The van der Waals surface area contributed by atoms with Gasteiger partial charge >= 0.3 is 11.8 Å². The predicted molar refractivity (Wildman–Crippen MR) is 112 cm³/mol. The average molecular weight is 416 g/mol. The Bertz CT molecular complexity index is 966. The summed E-state index contributed by atoms with van der Waals surface area (Å²) in [4.78, 5) is 35.2. The van der Waals surface area contributed by atoms with Gasteiger partial charge in [0.2, 0.25) is 0 Å². The minimum Gasteiger partial charge on any atom is -0.396 e. The first-order chi connectivity index (χ1) is 13.8. The number of nitrogens with one attached hydrogen (secondary N) is 2. The van der Waals surface area contributed by atoms with E-state index in [0.717, 1.165) is 18.2 Å². The van der Waals surface area contributed by atoms with Gasteiger partial charge in [-0.15, -0.1) is 0 Å². The Labute approximate surface area is 173 Å². The molecule has 0 unspecified atom stereocenters. The van der Waals surface area contributed by atoms with Crippen LogP contribution in [0.3, 0.4) is 0 Å². The van der Waals surface area contributed by atoms with E-state index in [9.17, 15) is 9.59 Å². The topological polar surface area (TPSA) is 151 Å². The SMILES string of the molecule is C[C@H]1CC[C@H](c2cncc(Cl)c2)N(C(=O)C(=O)Nc2cnc(N)c(C=N)c2N)C1. The van der Waals surface area contributed by atoms with Crippen molar-refractivity contribution < 1.29 is 9.59 Å². The zero-order chi connectivity index (χ0) is 21.1. The van der Waals surface area contributed by atoms with E-state index in [4.69, 9.17) is 28.5 Å². The third-order valence-corrected chi connectivity index (χ3v) is 5.17. The number of aromatic nitrogens is 2. The van der Waals surface area contributed by atoms with Gasteiger partial charge in [0.25, 0.3) is 0 Å². The number of piperidine rings is 1. The van der Waals surface area contributed by atoms with Crippen molar-refractivity contribution in [1.29, 1.82) is 5.41 Å². The van der Waals surface area contributed by atoms with Crippen LogP contribution >= 0.6 is 11.6 Å². The molecule has 3 heterocycles. The highest BCUT2D eigenvalue weighted by Crippen LogP contribution is 2.34. The molecule has 6 N–H and O–H groups in total. The lowest BCUT2D eigenvalue weighted by Crippen LogP contribution is -2.46. The van der Waals surface area contributed by atoms with Crippen molar-refractivity contribution in [2.75, 3.05) is 23.3 Å². The fourth-order valence-electron chi connectivity index (χ4n) is 3.45. The standard InChI is InChI=1S/C19H22ClN7O2/c1-10-2-3-15(11-4-12(20)7-24-6-11)27(9-10)19(29)18(28)26-14-8-25-17(23)13(5-21)16(14)22/h4-8,10,15,21H,2-3,9H2,1H3,(H,26,28)(H4,22,23,25)/t10-,15+/m0/s1. The summed E-state index contributed by atoms with van der Waals surface area (Å²) in [5.74, 6) is -1.20. The van der Waals surface area contributed by atoms with Crippen LogP contribution in [0.25, 0.3) is 0 Å². The van der Waals surface area contributed by atoms with E-state index in [1.54, 1.807) is 12.3 Å². The van der Waals surface area contributed by atoms with Gasteiger partial charge in [0.1, 0.15) is 5.82 Å². The predicted octanol–water partition coefficient (Wildman–Crippen LogP) is 2.23. The normalized spacial score (nSPS) is 18.9.